The van der Waals surface area contributed by atoms with Gasteiger partial charge in [-0.25, -0.2) is 0 Å². The van der Waals surface area contributed by atoms with E-state index in [9.17, 15) is 4.79 Å². The first kappa shape index (κ1) is 6.59. The van der Waals surface area contributed by atoms with E-state index in [0.29, 0.717) is 11.8 Å². The smallest absolute Gasteiger partial charge is 0.220 e. The van der Waals surface area contributed by atoms with Gasteiger partial charge in [-0.05, 0) is 18.3 Å². The molecule has 2 heteroatoms. The van der Waals surface area contributed by atoms with Crippen LogP contribution in [0.5, 0.6) is 0 Å². The monoisotopic (exact) mass is 127 g/mol. The van der Waals surface area contributed by atoms with E-state index in [1.807, 2.05) is 0 Å². The molecule has 0 aromatic carbocycles. The predicted molar refractivity (Wildman–Crippen MR) is 35.6 cm³/mol. The van der Waals surface area contributed by atoms with Crippen LogP contribution in [-0.2, 0) is 4.79 Å². The summed E-state index contributed by atoms with van der Waals surface area (Å²) in [5.41, 5.74) is 5.11. The molecule has 2 N–H and O–H groups in total. The molecule has 0 aromatic rings. The van der Waals surface area contributed by atoms with Gasteiger partial charge in [-0.3, -0.25) is 4.79 Å². The van der Waals surface area contributed by atoms with Gasteiger partial charge in [0.1, 0.15) is 0 Å². The first-order chi connectivity index (χ1) is 4.13. The summed E-state index contributed by atoms with van der Waals surface area (Å²) in [5.74, 6) is 1.26. The minimum Gasteiger partial charge on any atom is -0.369 e. The Bertz CT molecular complexity index is 133. The number of nitrogens with two attached hydrogens (primary N) is 1. The standard InChI is InChI=1S/C7H13NO/c1-4-3-6(5(4)2)7(8)9/h4-6H,3H2,1-2H3,(H2,8,9). The Labute approximate surface area is 55.4 Å². The molecule has 0 bridgehead atoms. The quantitative estimate of drug-likeness (QED) is 0.555. The summed E-state index contributed by atoms with van der Waals surface area (Å²) in [7, 11) is 0. The number of primary amides is 1. The molecule has 1 aliphatic rings. The minimum atomic E-state index is -0.124. The Morgan fingerprint density at radius 2 is 2.11 bits per heavy atom. The predicted octanol–water partition coefficient (Wildman–Crippen LogP) is 0.764. The van der Waals surface area contributed by atoms with Crippen LogP contribution >= 0.6 is 0 Å². The van der Waals surface area contributed by atoms with Crippen molar-refractivity contribution in [1.29, 1.82) is 0 Å². The third-order valence-corrected chi connectivity index (χ3v) is 2.52. The average molecular weight is 127 g/mol. The highest BCUT2D eigenvalue weighted by Crippen LogP contribution is 2.39. The van der Waals surface area contributed by atoms with Crippen LogP contribution in [0.1, 0.15) is 20.3 Å². The fourth-order valence-electron chi connectivity index (χ4n) is 1.41. The lowest BCUT2D eigenvalue weighted by Gasteiger charge is -2.38. The molecule has 0 spiro atoms. The van der Waals surface area contributed by atoms with E-state index < -0.39 is 0 Å². The maximum atomic E-state index is 10.6. The van der Waals surface area contributed by atoms with Crippen molar-refractivity contribution in [2.75, 3.05) is 0 Å². The van der Waals surface area contributed by atoms with Gasteiger partial charge in [0.15, 0.2) is 0 Å². The minimum absolute atomic E-state index is 0.124. The molecular formula is C7H13NO. The van der Waals surface area contributed by atoms with Gasteiger partial charge in [-0.2, -0.15) is 0 Å². The van der Waals surface area contributed by atoms with Gasteiger partial charge in [-0.15, -0.1) is 0 Å². The van der Waals surface area contributed by atoms with Crippen molar-refractivity contribution in [2.24, 2.45) is 23.5 Å². The van der Waals surface area contributed by atoms with Crippen LogP contribution in [0.15, 0.2) is 0 Å². The second kappa shape index (κ2) is 2.01. The van der Waals surface area contributed by atoms with Crippen molar-refractivity contribution in [1.82, 2.24) is 0 Å². The Morgan fingerprint density at radius 1 is 1.56 bits per heavy atom. The van der Waals surface area contributed by atoms with E-state index in [1.54, 1.807) is 0 Å². The molecule has 1 rings (SSSR count). The van der Waals surface area contributed by atoms with Crippen LogP contribution in [0.3, 0.4) is 0 Å². The second-order valence-corrected chi connectivity index (χ2v) is 3.08. The second-order valence-electron chi connectivity index (χ2n) is 3.08. The summed E-state index contributed by atoms with van der Waals surface area (Å²) in [4.78, 5) is 10.6. The fraction of sp³-hybridized carbons (Fsp3) is 0.857. The van der Waals surface area contributed by atoms with E-state index in [1.165, 1.54) is 0 Å². The van der Waals surface area contributed by atoms with Gasteiger partial charge in [0, 0.05) is 5.92 Å². The van der Waals surface area contributed by atoms with E-state index in [2.05, 4.69) is 13.8 Å². The molecule has 9 heavy (non-hydrogen) atoms. The molecule has 1 amide bonds. The van der Waals surface area contributed by atoms with Crippen LogP contribution in [0, 0.1) is 17.8 Å². The highest BCUT2D eigenvalue weighted by Gasteiger charge is 2.37. The van der Waals surface area contributed by atoms with E-state index in [4.69, 9.17) is 5.73 Å². The van der Waals surface area contributed by atoms with Gasteiger partial charge >= 0.3 is 0 Å². The molecule has 0 radical (unpaired) electrons. The van der Waals surface area contributed by atoms with Gasteiger partial charge in [0.2, 0.25) is 5.91 Å². The molecule has 1 saturated carbocycles. The zero-order valence-corrected chi connectivity index (χ0v) is 5.92. The van der Waals surface area contributed by atoms with Crippen molar-refractivity contribution in [3.05, 3.63) is 0 Å². The summed E-state index contributed by atoms with van der Waals surface area (Å²) in [6, 6.07) is 0. The van der Waals surface area contributed by atoms with Crippen LogP contribution in [-0.4, -0.2) is 5.91 Å². The Morgan fingerprint density at radius 3 is 2.22 bits per heavy atom. The maximum absolute atomic E-state index is 10.6. The van der Waals surface area contributed by atoms with Crippen LogP contribution in [0.4, 0.5) is 0 Å². The first-order valence-electron chi connectivity index (χ1n) is 3.42. The van der Waals surface area contributed by atoms with Crippen molar-refractivity contribution in [3.8, 4) is 0 Å². The lowest BCUT2D eigenvalue weighted by molar-refractivity contribution is -0.128. The average Bonchev–Trinajstić information content (AvgIpc) is 1.81. The largest absolute Gasteiger partial charge is 0.369 e. The molecule has 2 nitrogen and oxygen atoms in total. The van der Waals surface area contributed by atoms with Crippen LogP contribution < -0.4 is 5.73 Å². The summed E-state index contributed by atoms with van der Waals surface area (Å²) in [6.45, 7) is 4.24. The molecule has 0 aliphatic heterocycles. The zero-order chi connectivity index (χ0) is 7.02. The van der Waals surface area contributed by atoms with E-state index in [-0.39, 0.29) is 11.8 Å². The molecule has 0 heterocycles. The van der Waals surface area contributed by atoms with E-state index in [0.717, 1.165) is 6.42 Å². The number of hydrogen-bond donors (Lipinski definition) is 1. The first-order valence-corrected chi connectivity index (χ1v) is 3.42. The Kier molecular flexibility index (Phi) is 1.47. The topological polar surface area (TPSA) is 43.1 Å². The molecule has 0 aromatic heterocycles. The van der Waals surface area contributed by atoms with Crippen LogP contribution in [0.2, 0.25) is 0 Å². The number of carbonyl (C=O) groups is 1. The molecule has 3 atom stereocenters. The van der Waals surface area contributed by atoms with Crippen molar-refractivity contribution in [3.63, 3.8) is 0 Å². The summed E-state index contributed by atoms with van der Waals surface area (Å²) >= 11 is 0. The summed E-state index contributed by atoms with van der Waals surface area (Å²) in [5, 5.41) is 0. The number of carbonyl (C=O) groups excluding carboxylic acids is 1. The van der Waals surface area contributed by atoms with Gasteiger partial charge in [-0.1, -0.05) is 13.8 Å². The van der Waals surface area contributed by atoms with Crippen molar-refractivity contribution in [2.45, 2.75) is 20.3 Å². The normalized spacial score (nSPS) is 41.8. The molecular weight excluding hydrogens is 114 g/mol. The molecule has 1 aliphatic carbocycles. The lowest BCUT2D eigenvalue weighted by atomic mass is 9.66. The maximum Gasteiger partial charge on any atom is 0.220 e. The van der Waals surface area contributed by atoms with Crippen molar-refractivity contribution >= 4 is 5.91 Å². The Balaban J connectivity index is 2.42. The molecule has 1 fully saturated rings. The highest BCUT2D eigenvalue weighted by atomic mass is 16.1. The molecule has 0 saturated heterocycles. The van der Waals surface area contributed by atoms with Crippen molar-refractivity contribution < 1.29 is 4.79 Å². The summed E-state index contributed by atoms with van der Waals surface area (Å²) in [6.07, 6.45) is 0.997. The number of amides is 1. The highest BCUT2D eigenvalue weighted by molar-refractivity contribution is 5.77. The lowest BCUT2D eigenvalue weighted by Crippen LogP contribution is -2.41. The number of rotatable bonds is 1. The van der Waals surface area contributed by atoms with Gasteiger partial charge in [0.25, 0.3) is 0 Å². The zero-order valence-electron chi connectivity index (χ0n) is 5.92. The number of hydrogen-bond acceptors (Lipinski definition) is 1. The third-order valence-electron chi connectivity index (χ3n) is 2.52. The van der Waals surface area contributed by atoms with Gasteiger partial charge < -0.3 is 5.73 Å². The molecule has 52 valence electrons. The van der Waals surface area contributed by atoms with E-state index >= 15 is 0 Å². The third kappa shape index (κ3) is 0.934. The van der Waals surface area contributed by atoms with Gasteiger partial charge in [0.05, 0.1) is 0 Å². The fourth-order valence-corrected chi connectivity index (χ4v) is 1.41. The molecule has 3 unspecified atom stereocenters. The SMILES string of the molecule is CC1CC(C(N)=O)C1C. The van der Waals surface area contributed by atoms with Crippen LogP contribution in [0.25, 0.3) is 0 Å². The summed E-state index contributed by atoms with van der Waals surface area (Å²) < 4.78 is 0. The Hall–Kier alpha value is -0.530.